The lowest BCUT2D eigenvalue weighted by molar-refractivity contribution is -0.119. The number of fused-ring (bicyclic) bond motifs is 1. The molecule has 1 aliphatic rings. The first-order chi connectivity index (χ1) is 16.4. The summed E-state index contributed by atoms with van der Waals surface area (Å²) >= 11 is 1.52. The summed E-state index contributed by atoms with van der Waals surface area (Å²) in [6, 6.07) is 17.5. The van der Waals surface area contributed by atoms with Gasteiger partial charge in [-0.2, -0.15) is 0 Å². The summed E-state index contributed by atoms with van der Waals surface area (Å²) in [7, 11) is 4.98. The average Bonchev–Trinajstić information content (AvgIpc) is 3.38. The molecule has 1 aliphatic heterocycles. The maximum atomic E-state index is 13.7. The van der Waals surface area contributed by atoms with Crippen molar-refractivity contribution in [2.75, 3.05) is 39.7 Å². The highest BCUT2D eigenvalue weighted by atomic mass is 32.1. The quantitative estimate of drug-likeness (QED) is 0.558. The van der Waals surface area contributed by atoms with Gasteiger partial charge in [0.15, 0.2) is 0 Å². The predicted molar refractivity (Wildman–Crippen MR) is 132 cm³/mol. The van der Waals surface area contributed by atoms with E-state index in [2.05, 4.69) is 5.32 Å². The maximum Gasteiger partial charge on any atom is 0.254 e. The largest absolute Gasteiger partial charge is 0.383 e. The van der Waals surface area contributed by atoms with Crippen molar-refractivity contribution in [3.05, 3.63) is 87.6 Å². The normalized spacial score (nSPS) is 17.3. The molecule has 3 aromatic rings. The fraction of sp³-hybridized carbons (Fsp3) is 0.269. The number of hydrogen-bond donors (Lipinski definition) is 1. The number of amides is 3. The number of benzene rings is 2. The van der Waals surface area contributed by atoms with Gasteiger partial charge in [0.05, 0.1) is 18.6 Å². The van der Waals surface area contributed by atoms with Crippen molar-refractivity contribution in [3.63, 3.8) is 0 Å². The van der Waals surface area contributed by atoms with Gasteiger partial charge < -0.3 is 19.9 Å². The van der Waals surface area contributed by atoms with Gasteiger partial charge in [0, 0.05) is 49.4 Å². The van der Waals surface area contributed by atoms with Crippen molar-refractivity contribution in [1.29, 1.82) is 0 Å². The van der Waals surface area contributed by atoms with E-state index < -0.39 is 12.0 Å². The van der Waals surface area contributed by atoms with Gasteiger partial charge in [0.2, 0.25) is 5.91 Å². The fourth-order valence-electron chi connectivity index (χ4n) is 4.26. The second kappa shape index (κ2) is 10.2. The molecule has 2 unspecified atom stereocenters. The van der Waals surface area contributed by atoms with Crippen molar-refractivity contribution >= 4 is 34.7 Å². The molecule has 0 bridgehead atoms. The van der Waals surface area contributed by atoms with Crippen LogP contribution in [-0.2, 0) is 9.53 Å². The molecule has 0 aliphatic carbocycles. The minimum Gasteiger partial charge on any atom is -0.383 e. The summed E-state index contributed by atoms with van der Waals surface area (Å²) in [4.78, 5) is 43.5. The Morgan fingerprint density at radius 3 is 2.44 bits per heavy atom. The van der Waals surface area contributed by atoms with Gasteiger partial charge in [0.25, 0.3) is 11.8 Å². The molecule has 0 radical (unpaired) electrons. The molecule has 7 nitrogen and oxygen atoms in total. The first-order valence-corrected chi connectivity index (χ1v) is 11.8. The number of methoxy groups -OCH3 is 1. The van der Waals surface area contributed by atoms with Crippen LogP contribution in [0.5, 0.6) is 0 Å². The van der Waals surface area contributed by atoms with Gasteiger partial charge in [-0.25, -0.2) is 0 Å². The molecule has 2 aromatic carbocycles. The number of anilines is 1. The van der Waals surface area contributed by atoms with Crippen LogP contribution in [0, 0.1) is 0 Å². The lowest BCUT2D eigenvalue weighted by Crippen LogP contribution is -2.47. The van der Waals surface area contributed by atoms with Crippen LogP contribution in [0.3, 0.4) is 0 Å². The number of carbonyl (C=O) groups excluding carboxylic acids is 3. The molecule has 0 saturated carbocycles. The van der Waals surface area contributed by atoms with Crippen LogP contribution in [0.2, 0.25) is 0 Å². The molecule has 2 heterocycles. The minimum absolute atomic E-state index is 0.107. The average molecular weight is 478 g/mol. The van der Waals surface area contributed by atoms with Crippen LogP contribution in [0.4, 0.5) is 5.69 Å². The molecular weight excluding hydrogens is 450 g/mol. The highest BCUT2D eigenvalue weighted by Crippen LogP contribution is 2.44. The first-order valence-electron chi connectivity index (χ1n) is 11.0. The van der Waals surface area contributed by atoms with Crippen LogP contribution in [-0.4, -0.2) is 61.9 Å². The van der Waals surface area contributed by atoms with E-state index in [-0.39, 0.29) is 17.7 Å². The van der Waals surface area contributed by atoms with Gasteiger partial charge in [-0.15, -0.1) is 11.3 Å². The predicted octanol–water partition coefficient (Wildman–Crippen LogP) is 4.02. The van der Waals surface area contributed by atoms with E-state index in [1.165, 1.54) is 16.2 Å². The molecule has 34 heavy (non-hydrogen) atoms. The topological polar surface area (TPSA) is 79.0 Å². The lowest BCUT2D eigenvalue weighted by atomic mass is 9.81. The number of thiophene rings is 1. The van der Waals surface area contributed by atoms with Crippen molar-refractivity contribution in [1.82, 2.24) is 9.80 Å². The third-order valence-corrected chi connectivity index (χ3v) is 6.84. The molecule has 176 valence electrons. The molecule has 8 heteroatoms. The van der Waals surface area contributed by atoms with Crippen LogP contribution in [0.15, 0.2) is 66.0 Å². The van der Waals surface area contributed by atoms with Crippen molar-refractivity contribution in [2.24, 2.45) is 0 Å². The highest BCUT2D eigenvalue weighted by molar-refractivity contribution is 7.10. The molecule has 0 fully saturated rings. The molecule has 3 amide bonds. The summed E-state index contributed by atoms with van der Waals surface area (Å²) in [5.74, 6) is -1.04. The molecule has 1 aromatic heterocycles. The molecule has 1 N–H and O–H groups in total. The van der Waals surface area contributed by atoms with E-state index >= 15 is 0 Å². The molecule has 0 saturated heterocycles. The monoisotopic (exact) mass is 477 g/mol. The Morgan fingerprint density at radius 2 is 1.79 bits per heavy atom. The van der Waals surface area contributed by atoms with Crippen molar-refractivity contribution in [2.45, 2.75) is 12.0 Å². The van der Waals surface area contributed by atoms with Crippen LogP contribution in [0.25, 0.3) is 0 Å². The SMILES string of the molecule is COCCN1C(=O)c2ccccc2C(C(=O)Nc2ccc(C(=O)N(C)C)cc2)C1c1cccs1. The summed E-state index contributed by atoms with van der Waals surface area (Å²) in [6.07, 6.45) is 0. The Morgan fingerprint density at radius 1 is 1.06 bits per heavy atom. The number of carbonyl (C=O) groups is 3. The van der Waals surface area contributed by atoms with Crippen LogP contribution in [0.1, 0.15) is 43.1 Å². The van der Waals surface area contributed by atoms with Crippen LogP contribution >= 0.6 is 11.3 Å². The molecule has 4 rings (SSSR count). The molecular formula is C26H27N3O4S. The number of nitrogens with zero attached hydrogens (tertiary/aromatic N) is 2. The number of hydrogen-bond acceptors (Lipinski definition) is 5. The zero-order valence-electron chi connectivity index (χ0n) is 19.4. The van der Waals surface area contributed by atoms with Gasteiger partial charge in [-0.1, -0.05) is 24.3 Å². The standard InChI is InChI=1S/C26H27N3O4S/c1-28(2)25(31)17-10-12-18(13-11-17)27-24(30)22-19-7-4-5-8-20(19)26(32)29(14-15-33-3)23(22)21-9-6-16-34-21/h4-13,16,22-23H,14-15H2,1-3H3,(H,27,30). The van der Waals surface area contributed by atoms with Gasteiger partial charge in [0.1, 0.15) is 0 Å². The molecule has 0 spiro atoms. The van der Waals surface area contributed by atoms with E-state index in [9.17, 15) is 14.4 Å². The second-order valence-corrected chi connectivity index (χ2v) is 9.26. The van der Waals surface area contributed by atoms with E-state index in [1.807, 2.05) is 35.7 Å². The van der Waals surface area contributed by atoms with Crippen LogP contribution < -0.4 is 5.32 Å². The summed E-state index contributed by atoms with van der Waals surface area (Å²) in [6.45, 7) is 0.739. The first kappa shape index (κ1) is 23.7. The van der Waals surface area contributed by atoms with Crippen molar-refractivity contribution in [3.8, 4) is 0 Å². The van der Waals surface area contributed by atoms with E-state index in [4.69, 9.17) is 4.74 Å². The Kier molecular flexibility index (Phi) is 7.09. The van der Waals surface area contributed by atoms with E-state index in [0.717, 1.165) is 4.88 Å². The Bertz CT molecular complexity index is 1180. The van der Waals surface area contributed by atoms with E-state index in [0.29, 0.717) is 35.5 Å². The zero-order valence-corrected chi connectivity index (χ0v) is 20.2. The Balaban J connectivity index is 1.71. The number of rotatable bonds is 7. The zero-order chi connectivity index (χ0) is 24.2. The van der Waals surface area contributed by atoms with Gasteiger partial charge in [-0.3, -0.25) is 14.4 Å². The smallest absolute Gasteiger partial charge is 0.254 e. The number of nitrogens with one attached hydrogen (secondary N) is 1. The summed E-state index contributed by atoms with van der Waals surface area (Å²) in [5.41, 5.74) is 2.36. The Hall–Kier alpha value is -3.49. The fourth-order valence-corrected chi connectivity index (χ4v) is 5.13. The summed E-state index contributed by atoms with van der Waals surface area (Å²) < 4.78 is 5.26. The number of ether oxygens (including phenoxy) is 1. The van der Waals surface area contributed by atoms with E-state index in [1.54, 1.807) is 56.4 Å². The molecule has 2 atom stereocenters. The maximum absolute atomic E-state index is 13.7. The van der Waals surface area contributed by atoms with Crippen molar-refractivity contribution < 1.29 is 19.1 Å². The highest BCUT2D eigenvalue weighted by Gasteiger charge is 2.44. The second-order valence-electron chi connectivity index (χ2n) is 8.28. The third-order valence-electron chi connectivity index (χ3n) is 5.90. The Labute approximate surface area is 202 Å². The van der Waals surface area contributed by atoms with Gasteiger partial charge in [-0.05, 0) is 47.3 Å². The third kappa shape index (κ3) is 4.60. The van der Waals surface area contributed by atoms with Gasteiger partial charge >= 0.3 is 0 Å². The lowest BCUT2D eigenvalue weighted by Gasteiger charge is -2.41. The minimum atomic E-state index is -0.604. The summed E-state index contributed by atoms with van der Waals surface area (Å²) in [5, 5.41) is 4.95.